The van der Waals surface area contributed by atoms with Crippen LogP contribution in [0.3, 0.4) is 0 Å². The Hall–Kier alpha value is -1.39. The summed E-state index contributed by atoms with van der Waals surface area (Å²) in [5, 5.41) is 2.60. The van der Waals surface area contributed by atoms with Crippen molar-refractivity contribution >= 4 is 16.5 Å². The van der Waals surface area contributed by atoms with Crippen molar-refractivity contribution < 1.29 is 4.74 Å². The minimum absolute atomic E-state index is 0.623. The van der Waals surface area contributed by atoms with Crippen molar-refractivity contribution in [3.63, 3.8) is 0 Å². The Morgan fingerprint density at radius 3 is 2.75 bits per heavy atom. The number of nitrogens with two attached hydrogens (primary N) is 1. The van der Waals surface area contributed by atoms with Crippen molar-refractivity contribution in [2.24, 2.45) is 0 Å². The van der Waals surface area contributed by atoms with Gasteiger partial charge < -0.3 is 10.5 Å². The SMILES string of the molecule is Nc1nc(CCOCc2ccccc2)cs1. The van der Waals surface area contributed by atoms with Gasteiger partial charge in [0.1, 0.15) is 0 Å². The Labute approximate surface area is 98.9 Å². The van der Waals surface area contributed by atoms with Crippen LogP contribution in [0.2, 0.25) is 0 Å². The van der Waals surface area contributed by atoms with E-state index in [2.05, 4.69) is 17.1 Å². The molecular formula is C12H14N2OS. The molecule has 1 heterocycles. The van der Waals surface area contributed by atoms with Crippen LogP contribution in [-0.2, 0) is 17.8 Å². The van der Waals surface area contributed by atoms with Gasteiger partial charge in [0.2, 0.25) is 0 Å². The van der Waals surface area contributed by atoms with Crippen molar-refractivity contribution in [2.75, 3.05) is 12.3 Å². The van der Waals surface area contributed by atoms with Gasteiger partial charge in [-0.15, -0.1) is 11.3 Å². The number of nitrogen functional groups attached to an aromatic ring is 1. The van der Waals surface area contributed by atoms with E-state index in [1.807, 2.05) is 23.6 Å². The van der Waals surface area contributed by atoms with Gasteiger partial charge in [-0.2, -0.15) is 0 Å². The van der Waals surface area contributed by atoms with E-state index >= 15 is 0 Å². The van der Waals surface area contributed by atoms with E-state index in [0.717, 1.165) is 12.1 Å². The molecule has 0 atom stereocenters. The smallest absolute Gasteiger partial charge is 0.180 e. The number of nitrogens with zero attached hydrogens (tertiary/aromatic N) is 1. The molecule has 0 unspecified atom stereocenters. The average molecular weight is 234 g/mol. The largest absolute Gasteiger partial charge is 0.376 e. The van der Waals surface area contributed by atoms with E-state index in [-0.39, 0.29) is 0 Å². The molecule has 0 bridgehead atoms. The van der Waals surface area contributed by atoms with Crippen LogP contribution in [0, 0.1) is 0 Å². The van der Waals surface area contributed by atoms with E-state index in [1.165, 1.54) is 16.9 Å². The number of hydrogen-bond acceptors (Lipinski definition) is 4. The molecule has 2 rings (SSSR count). The molecule has 0 amide bonds. The van der Waals surface area contributed by atoms with Gasteiger partial charge in [0.25, 0.3) is 0 Å². The summed E-state index contributed by atoms with van der Waals surface area (Å²) in [5.74, 6) is 0. The van der Waals surface area contributed by atoms with Crippen molar-refractivity contribution in [2.45, 2.75) is 13.0 Å². The number of rotatable bonds is 5. The molecule has 1 aromatic heterocycles. The molecule has 0 aliphatic rings. The normalized spacial score (nSPS) is 10.5. The molecule has 16 heavy (non-hydrogen) atoms. The summed E-state index contributed by atoms with van der Waals surface area (Å²) in [6, 6.07) is 10.1. The molecule has 0 spiro atoms. The van der Waals surface area contributed by atoms with E-state index in [4.69, 9.17) is 10.5 Å². The molecule has 3 nitrogen and oxygen atoms in total. The molecule has 0 saturated carbocycles. The topological polar surface area (TPSA) is 48.1 Å². The lowest BCUT2D eigenvalue weighted by molar-refractivity contribution is 0.123. The molecular weight excluding hydrogens is 220 g/mol. The predicted octanol–water partition coefficient (Wildman–Crippen LogP) is 2.48. The maximum atomic E-state index is 5.56. The maximum absolute atomic E-state index is 5.56. The summed E-state index contributed by atoms with van der Waals surface area (Å²) in [7, 11) is 0. The number of hydrogen-bond donors (Lipinski definition) is 1. The molecule has 2 aromatic rings. The second-order valence-corrected chi connectivity index (χ2v) is 4.35. The Balaban J connectivity index is 1.69. The summed E-state index contributed by atoms with van der Waals surface area (Å²) in [4.78, 5) is 4.17. The first-order valence-electron chi connectivity index (χ1n) is 5.16. The minimum Gasteiger partial charge on any atom is -0.376 e. The number of benzene rings is 1. The summed E-state index contributed by atoms with van der Waals surface area (Å²) >= 11 is 1.47. The molecule has 0 fully saturated rings. The van der Waals surface area contributed by atoms with Crippen molar-refractivity contribution in [3.05, 3.63) is 47.0 Å². The van der Waals surface area contributed by atoms with E-state index in [0.29, 0.717) is 18.3 Å². The van der Waals surface area contributed by atoms with Crippen molar-refractivity contribution in [3.8, 4) is 0 Å². The summed E-state index contributed by atoms with van der Waals surface area (Å²) < 4.78 is 5.56. The van der Waals surface area contributed by atoms with Crippen LogP contribution in [0.15, 0.2) is 35.7 Å². The number of ether oxygens (including phenoxy) is 1. The van der Waals surface area contributed by atoms with E-state index in [1.54, 1.807) is 0 Å². The van der Waals surface area contributed by atoms with Crippen LogP contribution in [-0.4, -0.2) is 11.6 Å². The Morgan fingerprint density at radius 1 is 1.25 bits per heavy atom. The van der Waals surface area contributed by atoms with Gasteiger partial charge in [-0.1, -0.05) is 30.3 Å². The van der Waals surface area contributed by atoms with Gasteiger partial charge in [0.15, 0.2) is 5.13 Å². The Bertz CT molecular complexity index is 428. The first-order valence-corrected chi connectivity index (χ1v) is 6.04. The lowest BCUT2D eigenvalue weighted by Crippen LogP contribution is -1.99. The third-order valence-electron chi connectivity index (χ3n) is 2.18. The molecule has 2 N–H and O–H groups in total. The van der Waals surface area contributed by atoms with Crippen molar-refractivity contribution in [1.82, 2.24) is 4.98 Å². The number of thiazole rings is 1. The van der Waals surface area contributed by atoms with Crippen LogP contribution in [0.1, 0.15) is 11.3 Å². The van der Waals surface area contributed by atoms with Gasteiger partial charge in [-0.3, -0.25) is 0 Å². The predicted molar refractivity (Wildman–Crippen MR) is 66.3 cm³/mol. The molecule has 1 aromatic carbocycles. The standard InChI is InChI=1S/C12H14N2OS/c13-12-14-11(9-16-12)6-7-15-8-10-4-2-1-3-5-10/h1-5,9H,6-8H2,(H2,13,14). The zero-order chi connectivity index (χ0) is 11.2. The molecule has 0 saturated heterocycles. The Morgan fingerprint density at radius 2 is 2.06 bits per heavy atom. The van der Waals surface area contributed by atoms with Crippen LogP contribution in [0.5, 0.6) is 0 Å². The van der Waals surface area contributed by atoms with Gasteiger partial charge in [-0.25, -0.2) is 4.98 Å². The van der Waals surface area contributed by atoms with Crippen LogP contribution >= 0.6 is 11.3 Å². The fourth-order valence-electron chi connectivity index (χ4n) is 1.38. The zero-order valence-electron chi connectivity index (χ0n) is 8.93. The summed E-state index contributed by atoms with van der Waals surface area (Å²) in [5.41, 5.74) is 7.74. The molecule has 84 valence electrons. The Kier molecular flexibility index (Phi) is 3.91. The molecule has 0 aliphatic heterocycles. The highest BCUT2D eigenvalue weighted by Gasteiger charge is 1.98. The summed E-state index contributed by atoms with van der Waals surface area (Å²) in [6.07, 6.45) is 0.820. The lowest BCUT2D eigenvalue weighted by atomic mass is 10.2. The van der Waals surface area contributed by atoms with Crippen LogP contribution in [0.4, 0.5) is 5.13 Å². The molecule has 0 radical (unpaired) electrons. The van der Waals surface area contributed by atoms with Gasteiger partial charge in [0.05, 0.1) is 18.9 Å². The first kappa shape index (κ1) is 11.1. The quantitative estimate of drug-likeness (QED) is 0.808. The fraction of sp³-hybridized carbons (Fsp3) is 0.250. The van der Waals surface area contributed by atoms with Crippen LogP contribution in [0.25, 0.3) is 0 Å². The second kappa shape index (κ2) is 5.63. The van der Waals surface area contributed by atoms with Crippen LogP contribution < -0.4 is 5.73 Å². The highest BCUT2D eigenvalue weighted by atomic mass is 32.1. The van der Waals surface area contributed by atoms with E-state index < -0.39 is 0 Å². The first-order chi connectivity index (χ1) is 7.84. The molecule has 0 aliphatic carbocycles. The van der Waals surface area contributed by atoms with Gasteiger partial charge in [0, 0.05) is 11.8 Å². The third-order valence-corrected chi connectivity index (χ3v) is 2.91. The second-order valence-electron chi connectivity index (χ2n) is 3.47. The van der Waals surface area contributed by atoms with E-state index in [9.17, 15) is 0 Å². The number of anilines is 1. The minimum atomic E-state index is 0.623. The third kappa shape index (κ3) is 3.32. The highest BCUT2D eigenvalue weighted by molar-refractivity contribution is 7.13. The zero-order valence-corrected chi connectivity index (χ0v) is 9.74. The highest BCUT2D eigenvalue weighted by Crippen LogP contribution is 2.11. The van der Waals surface area contributed by atoms with Gasteiger partial charge in [-0.05, 0) is 5.56 Å². The van der Waals surface area contributed by atoms with Gasteiger partial charge >= 0.3 is 0 Å². The number of aromatic nitrogens is 1. The average Bonchev–Trinajstić information content (AvgIpc) is 2.72. The monoisotopic (exact) mass is 234 g/mol. The van der Waals surface area contributed by atoms with Crippen molar-refractivity contribution in [1.29, 1.82) is 0 Å². The molecule has 4 heteroatoms. The summed E-state index contributed by atoms with van der Waals surface area (Å²) in [6.45, 7) is 1.33. The maximum Gasteiger partial charge on any atom is 0.180 e. The fourth-order valence-corrected chi connectivity index (χ4v) is 1.98. The lowest BCUT2D eigenvalue weighted by Gasteiger charge is -2.02.